The van der Waals surface area contributed by atoms with Crippen LogP contribution in [0.1, 0.15) is 22.3 Å². The first-order valence-electron chi connectivity index (χ1n) is 18.6. The fourth-order valence-electron chi connectivity index (χ4n) is 7.41. The smallest absolute Gasteiger partial charge is 0.128 e. The molecule has 0 aliphatic heterocycles. The number of aromatic nitrogens is 2. The van der Waals surface area contributed by atoms with E-state index in [2.05, 4.69) is 159 Å². The Morgan fingerprint density at radius 3 is 2.04 bits per heavy atom. The van der Waals surface area contributed by atoms with E-state index in [1.807, 2.05) is 43.6 Å². The molecule has 0 unspecified atom stereocenters. The van der Waals surface area contributed by atoms with Gasteiger partial charge in [0.05, 0.1) is 5.58 Å². The van der Waals surface area contributed by atoms with E-state index in [1.54, 1.807) is 0 Å². The van der Waals surface area contributed by atoms with Gasteiger partial charge in [0.15, 0.2) is 0 Å². The Morgan fingerprint density at radius 1 is 0.482 bits per heavy atom. The van der Waals surface area contributed by atoms with Gasteiger partial charge in [-0.15, -0.1) is 53.6 Å². The number of nitrogens with zero attached hydrogens (tertiary/aromatic N) is 2. The minimum atomic E-state index is 0. The third kappa shape index (κ3) is 7.06. The summed E-state index contributed by atoms with van der Waals surface area (Å²) in [5.74, 6) is 0. The number of hydrogen-bond donors (Lipinski definition) is 0. The molecule has 0 saturated heterocycles. The van der Waals surface area contributed by atoms with Crippen LogP contribution in [0.2, 0.25) is 0 Å². The standard InChI is InChI=1S/C39H26NO.C13H12N.Ir/c1-24-19-30-20-28(26-9-4-3-5-10-26)15-16-29(30)21-35(24)36-22-37(40-23-25(36)2)34-14-8-13-32-33-18-17-27-11-6-7-12-31(27)38(33)41-39(32)34;1-10-3-6-12(7-4-10)13-8-5-11(2)9-14-13;/h3-13,15-23H,1-2H3;3-6,8-9H,1-2H3;/q2*-1;. The van der Waals surface area contributed by atoms with Gasteiger partial charge in [-0.1, -0.05) is 121 Å². The molecule has 3 heterocycles. The summed E-state index contributed by atoms with van der Waals surface area (Å²) >= 11 is 0. The van der Waals surface area contributed by atoms with Crippen molar-refractivity contribution in [3.8, 4) is 44.8 Å². The average Bonchev–Trinajstić information content (AvgIpc) is 3.62. The van der Waals surface area contributed by atoms with Crippen molar-refractivity contribution in [3.63, 3.8) is 0 Å². The molecular weight excluding hydrogens is 861 g/mol. The van der Waals surface area contributed by atoms with Crippen molar-refractivity contribution >= 4 is 43.5 Å². The van der Waals surface area contributed by atoms with Crippen LogP contribution >= 0.6 is 0 Å². The molecule has 10 rings (SSSR count). The molecule has 0 aliphatic carbocycles. The zero-order chi connectivity index (χ0) is 37.5. The summed E-state index contributed by atoms with van der Waals surface area (Å²) in [5.41, 5.74) is 15.1. The zero-order valence-corrected chi connectivity index (χ0v) is 34.0. The van der Waals surface area contributed by atoms with Gasteiger partial charge < -0.3 is 14.4 Å². The number of pyridine rings is 2. The van der Waals surface area contributed by atoms with Crippen molar-refractivity contribution in [2.75, 3.05) is 0 Å². The molecule has 1 radical (unpaired) electrons. The van der Waals surface area contributed by atoms with E-state index in [0.717, 1.165) is 55.4 Å². The predicted molar refractivity (Wildman–Crippen MR) is 229 cm³/mol. The summed E-state index contributed by atoms with van der Waals surface area (Å²) in [6.45, 7) is 8.42. The van der Waals surface area contributed by atoms with Gasteiger partial charge in [-0.2, -0.15) is 0 Å². The van der Waals surface area contributed by atoms with Gasteiger partial charge in [-0.25, -0.2) is 0 Å². The van der Waals surface area contributed by atoms with E-state index in [1.165, 1.54) is 55.1 Å². The SMILES string of the molecule is Cc1c[c-]c(-c2ccc(C)cn2)cc1.Cc1cnc(-c2[c-]ccc3c2oc2c4ccccc4ccc32)cc1-c1cc2ccc(-c3ccccc3)cc2cc1C.[Ir]. The molecule has 0 amide bonds. The largest absolute Gasteiger partial charge is 0.500 e. The fourth-order valence-corrected chi connectivity index (χ4v) is 7.41. The fraction of sp³-hybridized carbons (Fsp3) is 0.0769. The Hall–Kier alpha value is -6.19. The van der Waals surface area contributed by atoms with E-state index in [4.69, 9.17) is 9.40 Å². The van der Waals surface area contributed by atoms with Crippen LogP contribution in [0.25, 0.3) is 88.3 Å². The Morgan fingerprint density at radius 2 is 1.23 bits per heavy atom. The second-order valence-corrected chi connectivity index (χ2v) is 14.3. The van der Waals surface area contributed by atoms with Crippen LogP contribution in [-0.4, -0.2) is 9.97 Å². The van der Waals surface area contributed by atoms with E-state index in [-0.39, 0.29) is 20.1 Å². The molecule has 3 nitrogen and oxygen atoms in total. The maximum absolute atomic E-state index is 6.58. The predicted octanol–water partition coefficient (Wildman–Crippen LogP) is 13.9. The number of benzene rings is 7. The molecule has 56 heavy (non-hydrogen) atoms. The molecule has 0 spiro atoms. The zero-order valence-electron chi connectivity index (χ0n) is 31.6. The molecule has 273 valence electrons. The summed E-state index contributed by atoms with van der Waals surface area (Å²) < 4.78 is 6.58. The Kier molecular flexibility index (Phi) is 10.2. The number of rotatable bonds is 4. The second kappa shape index (κ2) is 15.5. The molecule has 0 fully saturated rings. The summed E-state index contributed by atoms with van der Waals surface area (Å²) in [7, 11) is 0. The Balaban J connectivity index is 0.000000249. The van der Waals surface area contributed by atoms with Gasteiger partial charge >= 0.3 is 0 Å². The van der Waals surface area contributed by atoms with Gasteiger partial charge in [0.1, 0.15) is 5.58 Å². The normalized spacial score (nSPS) is 11.1. The van der Waals surface area contributed by atoms with Gasteiger partial charge in [0, 0.05) is 43.3 Å². The van der Waals surface area contributed by atoms with Crippen molar-refractivity contribution < 1.29 is 24.5 Å². The van der Waals surface area contributed by atoms with Crippen LogP contribution in [0.5, 0.6) is 0 Å². The van der Waals surface area contributed by atoms with Crippen LogP contribution in [0.3, 0.4) is 0 Å². The Bertz CT molecular complexity index is 2960. The molecular formula is C52H38IrN2O-2. The van der Waals surface area contributed by atoms with E-state index >= 15 is 0 Å². The number of furan rings is 1. The van der Waals surface area contributed by atoms with Crippen LogP contribution in [0, 0.1) is 39.8 Å². The number of fused-ring (bicyclic) bond motifs is 6. The molecule has 10 aromatic rings. The third-order valence-electron chi connectivity index (χ3n) is 10.4. The van der Waals surface area contributed by atoms with E-state index in [9.17, 15) is 0 Å². The molecule has 7 aromatic carbocycles. The van der Waals surface area contributed by atoms with Gasteiger partial charge in [0.25, 0.3) is 0 Å². The summed E-state index contributed by atoms with van der Waals surface area (Å²) in [4.78, 5) is 9.21. The average molecular weight is 899 g/mol. The topological polar surface area (TPSA) is 38.9 Å². The second-order valence-electron chi connectivity index (χ2n) is 14.3. The maximum Gasteiger partial charge on any atom is 0.128 e. The maximum atomic E-state index is 6.58. The molecule has 0 bridgehead atoms. The monoisotopic (exact) mass is 899 g/mol. The minimum absolute atomic E-state index is 0. The molecule has 0 N–H and O–H groups in total. The summed E-state index contributed by atoms with van der Waals surface area (Å²) in [6.07, 6.45) is 3.85. The van der Waals surface area contributed by atoms with Gasteiger partial charge in [0.2, 0.25) is 0 Å². The number of aryl methyl sites for hydroxylation is 4. The van der Waals surface area contributed by atoms with Crippen LogP contribution in [-0.2, 0) is 20.1 Å². The van der Waals surface area contributed by atoms with Crippen LogP contribution < -0.4 is 0 Å². The first-order chi connectivity index (χ1) is 26.9. The molecule has 0 atom stereocenters. The van der Waals surface area contributed by atoms with Crippen molar-refractivity contribution in [3.05, 3.63) is 192 Å². The van der Waals surface area contributed by atoms with Crippen molar-refractivity contribution in [1.82, 2.24) is 9.97 Å². The molecule has 0 saturated carbocycles. The van der Waals surface area contributed by atoms with Crippen LogP contribution in [0.15, 0.2) is 162 Å². The molecule has 0 aliphatic rings. The quantitative estimate of drug-likeness (QED) is 0.165. The van der Waals surface area contributed by atoms with E-state index < -0.39 is 0 Å². The Labute approximate surface area is 341 Å². The summed E-state index contributed by atoms with van der Waals surface area (Å²) in [6, 6.07) is 57.7. The first-order valence-corrected chi connectivity index (χ1v) is 18.6. The molecule has 3 aromatic heterocycles. The van der Waals surface area contributed by atoms with E-state index in [0.29, 0.717) is 0 Å². The molecule has 4 heteroatoms. The van der Waals surface area contributed by atoms with Crippen molar-refractivity contribution in [2.24, 2.45) is 0 Å². The third-order valence-corrected chi connectivity index (χ3v) is 10.4. The van der Waals surface area contributed by atoms with Crippen molar-refractivity contribution in [2.45, 2.75) is 27.7 Å². The van der Waals surface area contributed by atoms with Gasteiger partial charge in [-0.05, 0) is 99.4 Å². The van der Waals surface area contributed by atoms with Crippen LogP contribution in [0.4, 0.5) is 0 Å². The first kappa shape index (κ1) is 36.8. The van der Waals surface area contributed by atoms with Gasteiger partial charge in [-0.3, -0.25) is 0 Å². The minimum Gasteiger partial charge on any atom is -0.500 e. The number of hydrogen-bond acceptors (Lipinski definition) is 3. The summed E-state index contributed by atoms with van der Waals surface area (Å²) in [5, 5.41) is 6.95. The van der Waals surface area contributed by atoms with Crippen molar-refractivity contribution in [1.29, 1.82) is 0 Å².